The first-order valence-corrected chi connectivity index (χ1v) is 10.5. The molecule has 1 aromatic carbocycles. The van der Waals surface area contributed by atoms with Crippen molar-refractivity contribution in [3.05, 3.63) is 47.5 Å². The Labute approximate surface area is 135 Å². The predicted octanol–water partition coefficient (Wildman–Crippen LogP) is 4.79. The summed E-state index contributed by atoms with van der Waals surface area (Å²) in [5, 5.41) is 0. The highest BCUT2D eigenvalue weighted by atomic mass is 28.4. The van der Waals surface area contributed by atoms with E-state index in [-0.39, 0.29) is 12.1 Å². The van der Waals surface area contributed by atoms with E-state index in [1.54, 1.807) is 0 Å². The molecule has 0 aliphatic rings. The number of rotatable bonds is 8. The summed E-state index contributed by atoms with van der Waals surface area (Å²) in [4.78, 5) is 11.4. The molecule has 0 N–H and O–H groups in total. The number of esters is 1. The van der Waals surface area contributed by atoms with Gasteiger partial charge in [0.15, 0.2) is 8.32 Å². The van der Waals surface area contributed by atoms with E-state index in [9.17, 15) is 4.79 Å². The van der Waals surface area contributed by atoms with Crippen molar-refractivity contribution in [2.75, 3.05) is 7.11 Å². The van der Waals surface area contributed by atoms with Gasteiger partial charge in [-0.1, -0.05) is 50.6 Å². The number of aryl methyl sites for hydroxylation is 1. The van der Waals surface area contributed by atoms with Crippen molar-refractivity contribution < 1.29 is 14.0 Å². The summed E-state index contributed by atoms with van der Waals surface area (Å²) in [6.45, 7) is 8.67. The Bertz CT molecular complexity index is 481. The highest BCUT2D eigenvalue weighted by Gasteiger charge is 2.31. The normalized spacial score (nSPS) is 13.3. The average molecular weight is 321 g/mol. The van der Waals surface area contributed by atoms with Crippen LogP contribution in [-0.2, 0) is 14.0 Å². The molecule has 1 aromatic rings. The van der Waals surface area contributed by atoms with Gasteiger partial charge in [0.1, 0.15) is 0 Å². The van der Waals surface area contributed by atoms with Gasteiger partial charge in [-0.15, -0.1) is 0 Å². The molecular weight excluding hydrogens is 292 g/mol. The Morgan fingerprint density at radius 1 is 1.14 bits per heavy atom. The number of carbonyl (C=O) groups is 1. The molecule has 1 unspecified atom stereocenters. The maximum atomic E-state index is 11.4. The van der Waals surface area contributed by atoms with Gasteiger partial charge in [0.05, 0.1) is 13.2 Å². The van der Waals surface area contributed by atoms with Crippen molar-refractivity contribution in [1.29, 1.82) is 0 Å². The molecule has 0 bridgehead atoms. The maximum absolute atomic E-state index is 11.4. The summed E-state index contributed by atoms with van der Waals surface area (Å²) in [6.07, 6.45) is 3.09. The Morgan fingerprint density at radius 2 is 1.68 bits per heavy atom. The van der Waals surface area contributed by atoms with E-state index in [4.69, 9.17) is 9.16 Å². The largest absolute Gasteiger partial charge is 0.466 e. The monoisotopic (exact) mass is 320 g/mol. The van der Waals surface area contributed by atoms with Gasteiger partial charge in [-0.3, -0.25) is 0 Å². The summed E-state index contributed by atoms with van der Waals surface area (Å²) < 4.78 is 11.2. The fraction of sp³-hybridized carbons (Fsp3) is 0.500. The van der Waals surface area contributed by atoms with Crippen molar-refractivity contribution in [3.8, 4) is 0 Å². The van der Waals surface area contributed by atoms with E-state index in [0.29, 0.717) is 0 Å². The molecule has 0 aliphatic carbocycles. The average Bonchev–Trinajstić information content (AvgIpc) is 2.56. The van der Waals surface area contributed by atoms with Crippen LogP contribution >= 0.6 is 0 Å². The second-order valence-corrected chi connectivity index (χ2v) is 10.3. The molecule has 0 spiro atoms. The van der Waals surface area contributed by atoms with Crippen LogP contribution in [0.3, 0.4) is 0 Å². The van der Waals surface area contributed by atoms with E-state index in [1.807, 2.05) is 6.08 Å². The molecule has 122 valence electrons. The van der Waals surface area contributed by atoms with Gasteiger partial charge < -0.3 is 9.16 Å². The molecule has 0 saturated heterocycles. The minimum Gasteiger partial charge on any atom is -0.466 e. The Hall–Kier alpha value is -1.39. The quantitative estimate of drug-likeness (QED) is 0.392. The number of hydrogen-bond donors (Lipinski definition) is 0. The molecule has 1 atom stereocenters. The second-order valence-electron chi connectivity index (χ2n) is 5.58. The van der Waals surface area contributed by atoms with Crippen LogP contribution in [0.5, 0.6) is 0 Å². The van der Waals surface area contributed by atoms with E-state index in [2.05, 4.69) is 52.0 Å². The molecular formula is C18H28O3Si. The van der Waals surface area contributed by atoms with Gasteiger partial charge in [-0.25, -0.2) is 4.79 Å². The molecule has 0 aromatic heterocycles. The lowest BCUT2D eigenvalue weighted by molar-refractivity contribution is -0.134. The summed E-state index contributed by atoms with van der Waals surface area (Å²) >= 11 is 0. The Kier molecular flexibility index (Phi) is 7.55. The summed E-state index contributed by atoms with van der Waals surface area (Å²) in [5.41, 5.74) is 2.29. The summed E-state index contributed by atoms with van der Waals surface area (Å²) in [6, 6.07) is 11.5. The molecule has 0 amide bonds. The highest BCUT2D eigenvalue weighted by molar-refractivity contribution is 6.73. The molecule has 4 heteroatoms. The molecule has 0 heterocycles. The van der Waals surface area contributed by atoms with Gasteiger partial charge in [-0.2, -0.15) is 0 Å². The van der Waals surface area contributed by atoms with E-state index >= 15 is 0 Å². The van der Waals surface area contributed by atoms with Crippen molar-refractivity contribution in [3.63, 3.8) is 0 Å². The molecule has 0 fully saturated rings. The van der Waals surface area contributed by atoms with Crippen LogP contribution < -0.4 is 0 Å². The second kappa shape index (κ2) is 8.91. The number of ether oxygens (including phenoxy) is 1. The summed E-state index contributed by atoms with van der Waals surface area (Å²) in [7, 11) is -0.376. The fourth-order valence-corrected chi connectivity index (χ4v) is 5.23. The third kappa shape index (κ3) is 5.11. The minimum absolute atomic E-state index is 0.189. The van der Waals surface area contributed by atoms with Crippen molar-refractivity contribution in [2.45, 2.75) is 51.9 Å². The van der Waals surface area contributed by atoms with Crippen LogP contribution in [0.1, 0.15) is 38.0 Å². The molecule has 0 aliphatic heterocycles. The number of benzene rings is 1. The van der Waals surface area contributed by atoms with Crippen molar-refractivity contribution in [1.82, 2.24) is 0 Å². The van der Waals surface area contributed by atoms with Crippen LogP contribution in [0.15, 0.2) is 36.4 Å². The topological polar surface area (TPSA) is 35.5 Å². The van der Waals surface area contributed by atoms with Crippen LogP contribution in [0.25, 0.3) is 0 Å². The number of hydrogen-bond acceptors (Lipinski definition) is 3. The van der Waals surface area contributed by atoms with Crippen molar-refractivity contribution in [2.24, 2.45) is 0 Å². The van der Waals surface area contributed by atoms with Crippen LogP contribution in [0.4, 0.5) is 0 Å². The third-order valence-electron chi connectivity index (χ3n) is 4.32. The van der Waals surface area contributed by atoms with Gasteiger partial charge >= 0.3 is 5.97 Å². The Balaban J connectivity index is 3.08. The lowest BCUT2D eigenvalue weighted by Gasteiger charge is -2.32. The molecule has 22 heavy (non-hydrogen) atoms. The lowest BCUT2D eigenvalue weighted by Crippen LogP contribution is -2.37. The fourth-order valence-electron chi connectivity index (χ4n) is 2.48. The first-order valence-electron chi connectivity index (χ1n) is 8.00. The summed E-state index contributed by atoms with van der Waals surface area (Å²) in [5.74, 6) is -0.350. The van der Waals surface area contributed by atoms with Gasteiger partial charge in [0.2, 0.25) is 0 Å². The first-order chi connectivity index (χ1) is 10.5. The van der Waals surface area contributed by atoms with Gasteiger partial charge in [-0.05, 0) is 36.7 Å². The Morgan fingerprint density at radius 3 is 2.14 bits per heavy atom. The minimum atomic E-state index is -1.76. The standard InChI is InChI=1S/C18H28O3Si/c1-6-22(7-2,8-3)21-17(13-14-18(19)20-5)16-11-9-15(4)10-12-16/h9-14,17H,6-8H2,1-5H3/b14-13+. The lowest BCUT2D eigenvalue weighted by atomic mass is 10.1. The first kappa shape index (κ1) is 18.7. The van der Waals surface area contributed by atoms with Gasteiger partial charge in [0, 0.05) is 6.08 Å². The third-order valence-corrected chi connectivity index (χ3v) is 8.94. The highest BCUT2D eigenvalue weighted by Crippen LogP contribution is 2.30. The van der Waals surface area contributed by atoms with Gasteiger partial charge in [0.25, 0.3) is 0 Å². The molecule has 3 nitrogen and oxygen atoms in total. The maximum Gasteiger partial charge on any atom is 0.330 e. The van der Waals surface area contributed by atoms with E-state index < -0.39 is 8.32 Å². The molecule has 0 saturated carbocycles. The van der Waals surface area contributed by atoms with E-state index in [0.717, 1.165) is 23.7 Å². The van der Waals surface area contributed by atoms with E-state index in [1.165, 1.54) is 18.7 Å². The number of carbonyl (C=O) groups excluding carboxylic acids is 1. The van der Waals surface area contributed by atoms with Crippen LogP contribution in [0, 0.1) is 6.92 Å². The zero-order chi connectivity index (χ0) is 16.6. The van der Waals surface area contributed by atoms with Crippen LogP contribution in [0.2, 0.25) is 18.1 Å². The predicted molar refractivity (Wildman–Crippen MR) is 93.4 cm³/mol. The molecule has 0 radical (unpaired) electrons. The smallest absolute Gasteiger partial charge is 0.330 e. The molecule has 1 rings (SSSR count). The number of methoxy groups -OCH3 is 1. The van der Waals surface area contributed by atoms with Crippen molar-refractivity contribution >= 4 is 14.3 Å². The zero-order valence-electron chi connectivity index (χ0n) is 14.4. The SMILES string of the molecule is CC[Si](CC)(CC)OC(/C=C/C(=O)OC)c1ccc(C)cc1. The van der Waals surface area contributed by atoms with Crippen LogP contribution in [-0.4, -0.2) is 21.4 Å². The zero-order valence-corrected chi connectivity index (χ0v) is 15.4.